The smallest absolute Gasteiger partial charge is 0.350 e. The molecule has 1 heterocycles. The number of benzene rings is 3. The quantitative estimate of drug-likeness (QED) is 0.146. The number of ether oxygens (including phenoxy) is 2. The second-order valence-corrected chi connectivity index (χ2v) is 8.96. The molecule has 0 aliphatic heterocycles. The largest absolute Gasteiger partial charge is 0.497 e. The number of anilines is 1. The van der Waals surface area contributed by atoms with Gasteiger partial charge in [-0.1, -0.05) is 29.5 Å². The van der Waals surface area contributed by atoms with Gasteiger partial charge >= 0.3 is 5.97 Å². The third kappa shape index (κ3) is 6.13. The first-order chi connectivity index (χ1) is 18.4. The third-order valence-corrected chi connectivity index (χ3v) is 6.70. The van der Waals surface area contributed by atoms with Gasteiger partial charge in [0.05, 0.1) is 29.7 Å². The van der Waals surface area contributed by atoms with Crippen molar-refractivity contribution in [1.82, 2.24) is 4.98 Å². The molecule has 4 rings (SSSR count). The fraction of sp³-hybridized carbons (Fsp3) is 0.148. The van der Waals surface area contributed by atoms with Crippen LogP contribution < -0.4 is 14.8 Å². The maximum Gasteiger partial charge on any atom is 0.350 e. The molecule has 10 nitrogen and oxygen atoms in total. The fourth-order valence-corrected chi connectivity index (χ4v) is 4.68. The van der Waals surface area contributed by atoms with Crippen molar-refractivity contribution in [2.24, 2.45) is 4.99 Å². The Bertz CT molecular complexity index is 1400. The van der Waals surface area contributed by atoms with E-state index in [0.717, 1.165) is 33.2 Å². The molecule has 0 unspecified atom stereocenters. The lowest BCUT2D eigenvalue weighted by atomic mass is 10.1. The van der Waals surface area contributed by atoms with E-state index in [1.54, 1.807) is 20.3 Å². The second-order valence-electron chi connectivity index (χ2n) is 7.96. The Morgan fingerprint density at radius 1 is 1.00 bits per heavy atom. The fourth-order valence-electron chi connectivity index (χ4n) is 3.70. The van der Waals surface area contributed by atoms with Gasteiger partial charge in [0.15, 0.2) is 5.13 Å². The van der Waals surface area contributed by atoms with Crippen LogP contribution in [0.25, 0.3) is 21.7 Å². The molecule has 0 saturated carbocycles. The highest BCUT2D eigenvalue weighted by molar-refractivity contribution is 7.19. The number of rotatable bonds is 11. The third-order valence-electron chi connectivity index (χ3n) is 5.64. The van der Waals surface area contributed by atoms with E-state index in [1.807, 2.05) is 48.5 Å². The summed E-state index contributed by atoms with van der Waals surface area (Å²) in [5.74, 6) is 0.209. The van der Waals surface area contributed by atoms with Crippen LogP contribution in [0.3, 0.4) is 0 Å². The van der Waals surface area contributed by atoms with Crippen molar-refractivity contribution in [3.8, 4) is 33.2 Å². The lowest BCUT2D eigenvalue weighted by Gasteiger charge is -2.05. The number of aliphatic imine (C=N–C) groups is 1. The molecule has 0 bridgehead atoms. The molecule has 0 aliphatic carbocycles. The number of methoxy groups -OCH3 is 2. The predicted octanol–water partition coefficient (Wildman–Crippen LogP) is 5.54. The van der Waals surface area contributed by atoms with E-state index < -0.39 is 10.9 Å². The van der Waals surface area contributed by atoms with Gasteiger partial charge in [0.25, 0.3) is 5.69 Å². The summed E-state index contributed by atoms with van der Waals surface area (Å²) in [7, 11) is 3.21. The summed E-state index contributed by atoms with van der Waals surface area (Å²) in [5.41, 5.74) is 2.49. The van der Waals surface area contributed by atoms with Crippen molar-refractivity contribution < 1.29 is 24.3 Å². The van der Waals surface area contributed by atoms with Crippen LogP contribution in [-0.2, 0) is 11.2 Å². The first kappa shape index (κ1) is 26.3. The molecule has 0 saturated heterocycles. The first-order valence-corrected chi connectivity index (χ1v) is 12.2. The normalized spacial score (nSPS) is 11.2. The van der Waals surface area contributed by atoms with E-state index in [1.165, 1.54) is 29.5 Å². The highest BCUT2D eigenvalue weighted by atomic mass is 32.1. The predicted molar refractivity (Wildman–Crippen MR) is 146 cm³/mol. The molecule has 0 atom stereocenters. The van der Waals surface area contributed by atoms with Gasteiger partial charge in [0.1, 0.15) is 23.9 Å². The Balaban J connectivity index is 1.60. The second kappa shape index (κ2) is 12.0. The topological polar surface area (TPSA) is 136 Å². The van der Waals surface area contributed by atoms with E-state index in [9.17, 15) is 20.0 Å². The monoisotopic (exact) mass is 532 g/mol. The first-order valence-electron chi connectivity index (χ1n) is 11.4. The number of aliphatic carboxylic acids is 1. The summed E-state index contributed by atoms with van der Waals surface area (Å²) in [6, 6.07) is 21.2. The van der Waals surface area contributed by atoms with Gasteiger partial charge in [-0.3, -0.25) is 15.1 Å². The molecule has 0 fully saturated rings. The molecule has 2 N–H and O–H groups in total. The van der Waals surface area contributed by atoms with Crippen LogP contribution in [0.2, 0.25) is 0 Å². The average molecular weight is 533 g/mol. The van der Waals surface area contributed by atoms with Gasteiger partial charge in [0.2, 0.25) is 0 Å². The number of para-hydroxylation sites is 1. The van der Waals surface area contributed by atoms with E-state index in [4.69, 9.17) is 14.5 Å². The van der Waals surface area contributed by atoms with Crippen LogP contribution in [0.5, 0.6) is 11.5 Å². The zero-order valence-electron chi connectivity index (χ0n) is 20.6. The molecule has 11 heteroatoms. The van der Waals surface area contributed by atoms with Gasteiger partial charge in [-0.2, -0.15) is 0 Å². The Morgan fingerprint density at radius 3 is 2.18 bits per heavy atom. The van der Waals surface area contributed by atoms with E-state index in [2.05, 4.69) is 10.3 Å². The van der Waals surface area contributed by atoms with Crippen molar-refractivity contribution in [3.63, 3.8) is 0 Å². The molecule has 194 valence electrons. The summed E-state index contributed by atoms with van der Waals surface area (Å²) < 4.78 is 10.5. The molecule has 4 aromatic rings. The van der Waals surface area contributed by atoms with Crippen molar-refractivity contribution in [2.45, 2.75) is 6.42 Å². The molecule has 38 heavy (non-hydrogen) atoms. The minimum atomic E-state index is -1.25. The van der Waals surface area contributed by atoms with Crippen LogP contribution >= 0.6 is 11.3 Å². The maximum atomic E-state index is 11.8. The summed E-state index contributed by atoms with van der Waals surface area (Å²) in [4.78, 5) is 32.4. The van der Waals surface area contributed by atoms with Crippen LogP contribution in [0, 0.1) is 10.1 Å². The summed E-state index contributed by atoms with van der Waals surface area (Å²) in [5, 5.41) is 24.5. The Labute approximate surface area is 222 Å². The molecule has 0 spiro atoms. The highest BCUT2D eigenvalue weighted by Crippen LogP contribution is 2.40. The highest BCUT2D eigenvalue weighted by Gasteiger charge is 2.19. The Hall–Kier alpha value is -4.77. The van der Waals surface area contributed by atoms with E-state index >= 15 is 0 Å². The standard InChI is InChI=1S/C27H24N4O6S/c1-36-20-11-7-17(8-12-20)24-25(18-9-13-21(37-2)14-10-18)38-27(30-24)29-16-28-22(26(32)33)15-19-5-3-4-6-23(19)31(34)35/h3-14H,15-16H2,1-2H3,(H,29,30)(H,32,33). The lowest BCUT2D eigenvalue weighted by Crippen LogP contribution is -2.18. The molecular weight excluding hydrogens is 508 g/mol. The van der Waals surface area contributed by atoms with Crippen LogP contribution in [0.1, 0.15) is 5.56 Å². The molecular formula is C27H24N4O6S. The number of carboxylic acid groups (broad SMARTS) is 1. The molecule has 3 aromatic carbocycles. The van der Waals surface area contributed by atoms with E-state index in [0.29, 0.717) is 5.13 Å². The summed E-state index contributed by atoms with van der Waals surface area (Å²) >= 11 is 1.40. The number of hydrogen-bond acceptors (Lipinski definition) is 9. The number of carboxylic acids is 1. The number of aromatic nitrogens is 1. The molecule has 0 aliphatic rings. The van der Waals surface area contributed by atoms with Crippen LogP contribution in [0.4, 0.5) is 10.8 Å². The van der Waals surface area contributed by atoms with Gasteiger partial charge in [-0.15, -0.1) is 0 Å². The number of nitro benzene ring substituents is 1. The minimum absolute atomic E-state index is 0.0696. The zero-order valence-corrected chi connectivity index (χ0v) is 21.4. The Kier molecular flexibility index (Phi) is 8.29. The van der Waals surface area contributed by atoms with Crippen LogP contribution in [-0.4, -0.2) is 47.6 Å². The van der Waals surface area contributed by atoms with Crippen molar-refractivity contribution >= 4 is 33.8 Å². The van der Waals surface area contributed by atoms with Crippen molar-refractivity contribution in [1.29, 1.82) is 0 Å². The number of hydrogen-bond donors (Lipinski definition) is 2. The average Bonchev–Trinajstić information content (AvgIpc) is 3.36. The maximum absolute atomic E-state index is 11.8. The number of nitrogens with one attached hydrogen (secondary N) is 1. The Morgan fingerprint density at radius 2 is 1.61 bits per heavy atom. The summed E-state index contributed by atoms with van der Waals surface area (Å²) in [6.07, 6.45) is -0.180. The van der Waals surface area contributed by atoms with Gasteiger partial charge in [-0.25, -0.2) is 9.78 Å². The molecule has 0 radical (unpaired) electrons. The van der Waals surface area contributed by atoms with Crippen LogP contribution in [0.15, 0.2) is 77.8 Å². The number of nitrogens with zero attached hydrogens (tertiary/aromatic N) is 3. The zero-order chi connectivity index (χ0) is 27.1. The number of nitro groups is 1. The lowest BCUT2D eigenvalue weighted by molar-refractivity contribution is -0.385. The van der Waals surface area contributed by atoms with Crippen molar-refractivity contribution in [3.05, 3.63) is 88.5 Å². The molecule has 0 amide bonds. The minimum Gasteiger partial charge on any atom is -0.497 e. The number of carbonyl (C=O) groups is 1. The SMILES string of the molecule is COc1ccc(-c2nc(NCN=C(Cc3ccccc3[N+](=O)[O-])C(=O)O)sc2-c2ccc(OC)cc2)cc1. The van der Waals surface area contributed by atoms with Gasteiger partial charge in [-0.05, 0) is 54.1 Å². The number of thiazole rings is 1. The van der Waals surface area contributed by atoms with E-state index in [-0.39, 0.29) is 30.1 Å². The van der Waals surface area contributed by atoms with Crippen molar-refractivity contribution in [2.75, 3.05) is 26.2 Å². The summed E-state index contributed by atoms with van der Waals surface area (Å²) in [6.45, 7) is -0.0696. The molecule has 1 aromatic heterocycles. The van der Waals surface area contributed by atoms with Gasteiger partial charge < -0.3 is 19.9 Å². The van der Waals surface area contributed by atoms with Gasteiger partial charge in [0, 0.05) is 23.6 Å².